The van der Waals surface area contributed by atoms with Gasteiger partial charge in [0.05, 0.1) is 0 Å². The van der Waals surface area contributed by atoms with Crippen molar-refractivity contribution in [2.45, 2.75) is 11.3 Å². The molecule has 2 rings (SSSR count). The molecule has 0 saturated heterocycles. The van der Waals surface area contributed by atoms with Gasteiger partial charge in [0.25, 0.3) is 0 Å². The van der Waals surface area contributed by atoms with Crippen molar-refractivity contribution >= 4 is 12.6 Å². The van der Waals surface area contributed by atoms with Gasteiger partial charge < -0.3 is 12.6 Å². The van der Waals surface area contributed by atoms with Crippen LogP contribution >= 0.6 is 0 Å². The van der Waals surface area contributed by atoms with Gasteiger partial charge in [-0.05, 0) is 12.0 Å². The summed E-state index contributed by atoms with van der Waals surface area (Å²) < 4.78 is 0. The van der Waals surface area contributed by atoms with Crippen LogP contribution < -0.4 is 18.9 Å². The standard InChI is InChI=1S/C13H12S.Li/c14-13-9-5-4-8-12(13)10-11-6-2-1-3-7-11;/h1-9,14H,10H2;/q;+1/p-1. The van der Waals surface area contributed by atoms with Crippen LogP contribution in [0.25, 0.3) is 0 Å². The normalized spacial score (nSPS) is 9.33. The summed E-state index contributed by atoms with van der Waals surface area (Å²) in [7, 11) is 0. The maximum absolute atomic E-state index is 5.25. The van der Waals surface area contributed by atoms with E-state index in [1.807, 2.05) is 24.3 Å². The van der Waals surface area contributed by atoms with E-state index in [-0.39, 0.29) is 18.9 Å². The van der Waals surface area contributed by atoms with Gasteiger partial charge in [0, 0.05) is 0 Å². The Morgan fingerprint density at radius 3 is 2.07 bits per heavy atom. The second kappa shape index (κ2) is 5.98. The van der Waals surface area contributed by atoms with Crippen LogP contribution in [-0.2, 0) is 19.0 Å². The van der Waals surface area contributed by atoms with E-state index in [9.17, 15) is 0 Å². The Bertz CT molecular complexity index is 412. The summed E-state index contributed by atoms with van der Waals surface area (Å²) in [6, 6.07) is 18.5. The molecule has 15 heavy (non-hydrogen) atoms. The Balaban J connectivity index is 0.00000112. The van der Waals surface area contributed by atoms with Gasteiger partial charge in [0.2, 0.25) is 0 Å². The van der Waals surface area contributed by atoms with E-state index in [0.29, 0.717) is 0 Å². The third kappa shape index (κ3) is 3.39. The van der Waals surface area contributed by atoms with Gasteiger partial charge in [-0.2, -0.15) is 4.90 Å². The number of rotatable bonds is 2. The smallest absolute Gasteiger partial charge is 0.779 e. The molecule has 0 unspecified atom stereocenters. The summed E-state index contributed by atoms with van der Waals surface area (Å²) in [6.45, 7) is 0. The molecule has 0 saturated carbocycles. The van der Waals surface area contributed by atoms with Gasteiger partial charge in [0.15, 0.2) is 0 Å². The molecule has 2 aromatic carbocycles. The molecule has 0 aliphatic rings. The maximum Gasteiger partial charge on any atom is 1.00 e. The summed E-state index contributed by atoms with van der Waals surface area (Å²) in [5.74, 6) is 0. The predicted octanol–water partition coefficient (Wildman–Crippen LogP) is 0.187. The van der Waals surface area contributed by atoms with Crippen molar-refractivity contribution in [3.63, 3.8) is 0 Å². The number of benzene rings is 2. The molecule has 2 aromatic rings. The fourth-order valence-corrected chi connectivity index (χ4v) is 1.68. The fraction of sp³-hybridized carbons (Fsp3) is 0.0769. The molecule has 0 heterocycles. The van der Waals surface area contributed by atoms with Crippen LogP contribution in [0.5, 0.6) is 0 Å². The summed E-state index contributed by atoms with van der Waals surface area (Å²) in [6.07, 6.45) is 0.931. The van der Waals surface area contributed by atoms with Gasteiger partial charge >= 0.3 is 18.9 Å². The zero-order valence-corrected chi connectivity index (χ0v) is 9.63. The van der Waals surface area contributed by atoms with E-state index in [2.05, 4.69) is 30.3 Å². The van der Waals surface area contributed by atoms with Crippen LogP contribution in [0.2, 0.25) is 0 Å². The van der Waals surface area contributed by atoms with E-state index in [1.165, 1.54) is 11.1 Å². The van der Waals surface area contributed by atoms with Crippen LogP contribution in [0.15, 0.2) is 59.5 Å². The summed E-state index contributed by atoms with van der Waals surface area (Å²) in [4.78, 5) is 0.955. The predicted molar refractivity (Wildman–Crippen MR) is 61.3 cm³/mol. The van der Waals surface area contributed by atoms with Crippen molar-refractivity contribution in [1.29, 1.82) is 0 Å². The Labute approximate surface area is 108 Å². The average molecular weight is 206 g/mol. The van der Waals surface area contributed by atoms with Crippen molar-refractivity contribution in [2.24, 2.45) is 0 Å². The Kier molecular flexibility index (Phi) is 4.91. The molecular weight excluding hydrogens is 195 g/mol. The van der Waals surface area contributed by atoms with Crippen molar-refractivity contribution in [3.8, 4) is 0 Å². The van der Waals surface area contributed by atoms with E-state index >= 15 is 0 Å². The van der Waals surface area contributed by atoms with Crippen LogP contribution in [0.1, 0.15) is 11.1 Å². The molecule has 0 nitrogen and oxygen atoms in total. The monoisotopic (exact) mass is 206 g/mol. The molecule has 0 aromatic heterocycles. The van der Waals surface area contributed by atoms with Gasteiger partial charge in [-0.25, -0.2) is 0 Å². The first-order chi connectivity index (χ1) is 6.86. The Morgan fingerprint density at radius 1 is 0.800 bits per heavy atom. The van der Waals surface area contributed by atoms with Gasteiger partial charge in [-0.3, -0.25) is 0 Å². The Hall–Kier alpha value is -0.743. The van der Waals surface area contributed by atoms with E-state index in [1.54, 1.807) is 0 Å². The summed E-state index contributed by atoms with van der Waals surface area (Å²) in [5, 5.41) is 0. The number of hydrogen-bond acceptors (Lipinski definition) is 1. The molecule has 0 aliphatic carbocycles. The van der Waals surface area contributed by atoms with Gasteiger partial charge in [0.1, 0.15) is 0 Å². The van der Waals surface area contributed by atoms with Crippen molar-refractivity contribution < 1.29 is 18.9 Å². The number of hydrogen-bond donors (Lipinski definition) is 0. The van der Waals surface area contributed by atoms with Crippen LogP contribution in [0.4, 0.5) is 0 Å². The average Bonchev–Trinajstić information content (AvgIpc) is 2.23. The quantitative estimate of drug-likeness (QED) is 0.499. The SMILES string of the molecule is [Li+].[S-]c1ccccc1Cc1ccccc1. The summed E-state index contributed by atoms with van der Waals surface area (Å²) >= 11 is 5.25. The minimum absolute atomic E-state index is 0. The van der Waals surface area contributed by atoms with Crippen molar-refractivity contribution in [1.82, 2.24) is 0 Å². The van der Waals surface area contributed by atoms with E-state index in [4.69, 9.17) is 12.6 Å². The topological polar surface area (TPSA) is 0 Å². The molecule has 0 bridgehead atoms. The molecule has 0 aliphatic heterocycles. The minimum Gasteiger partial charge on any atom is -0.779 e. The third-order valence-corrected chi connectivity index (χ3v) is 2.61. The molecule has 0 amide bonds. The summed E-state index contributed by atoms with van der Waals surface area (Å²) in [5.41, 5.74) is 2.54. The van der Waals surface area contributed by atoms with Crippen LogP contribution in [0, 0.1) is 0 Å². The first-order valence-corrected chi connectivity index (χ1v) is 5.06. The van der Waals surface area contributed by atoms with E-state index in [0.717, 1.165) is 11.3 Å². The first-order valence-electron chi connectivity index (χ1n) is 4.65. The van der Waals surface area contributed by atoms with Crippen molar-refractivity contribution in [2.75, 3.05) is 0 Å². The second-order valence-corrected chi connectivity index (χ2v) is 3.71. The zero-order chi connectivity index (χ0) is 9.80. The molecule has 0 fully saturated rings. The second-order valence-electron chi connectivity index (χ2n) is 3.27. The molecule has 0 spiro atoms. The third-order valence-electron chi connectivity index (χ3n) is 2.21. The van der Waals surface area contributed by atoms with Gasteiger partial charge in [-0.15, -0.1) is 0 Å². The fourth-order valence-electron chi connectivity index (χ4n) is 1.47. The van der Waals surface area contributed by atoms with Crippen LogP contribution in [0.3, 0.4) is 0 Å². The van der Waals surface area contributed by atoms with Crippen molar-refractivity contribution in [3.05, 3.63) is 65.7 Å². The molecule has 0 radical (unpaired) electrons. The maximum atomic E-state index is 5.25. The first kappa shape index (κ1) is 12.3. The molecule has 0 atom stereocenters. The van der Waals surface area contributed by atoms with E-state index < -0.39 is 0 Å². The molecular formula is C13H11LiS. The molecule has 0 N–H and O–H groups in total. The largest absolute Gasteiger partial charge is 1.00 e. The minimum atomic E-state index is 0. The van der Waals surface area contributed by atoms with Gasteiger partial charge in [-0.1, -0.05) is 60.2 Å². The zero-order valence-electron chi connectivity index (χ0n) is 8.81. The van der Waals surface area contributed by atoms with Crippen LogP contribution in [-0.4, -0.2) is 0 Å². The molecule has 2 heteroatoms. The molecule has 70 valence electrons. The Morgan fingerprint density at radius 2 is 1.40 bits per heavy atom.